The van der Waals surface area contributed by atoms with Gasteiger partial charge < -0.3 is 10.2 Å². The highest BCUT2D eigenvalue weighted by Crippen LogP contribution is 2.25. The number of sulfonamides is 1. The second kappa shape index (κ2) is 13.2. The fourth-order valence-corrected chi connectivity index (χ4v) is 5.48. The number of nitrogens with zero attached hydrogens (tertiary/aromatic N) is 2. The summed E-state index contributed by atoms with van der Waals surface area (Å²) in [5, 5.41) is 2.90. The normalized spacial score (nSPS) is 12.0. The minimum Gasteiger partial charge on any atom is -0.354 e. The minimum atomic E-state index is -4.05. The molecule has 2 amide bonds. The van der Waals surface area contributed by atoms with Crippen LogP contribution in [0.1, 0.15) is 43.4 Å². The summed E-state index contributed by atoms with van der Waals surface area (Å²) in [6, 6.07) is 21.9. The van der Waals surface area contributed by atoms with Gasteiger partial charge in [-0.1, -0.05) is 73.5 Å². The monoisotopic (exact) mass is 535 g/mol. The molecular weight excluding hydrogens is 498 g/mol. The molecule has 38 heavy (non-hydrogen) atoms. The van der Waals surface area contributed by atoms with E-state index in [-0.39, 0.29) is 17.3 Å². The largest absolute Gasteiger partial charge is 0.354 e. The van der Waals surface area contributed by atoms with Crippen molar-refractivity contribution in [3.8, 4) is 0 Å². The molecule has 3 rings (SSSR count). The Hall–Kier alpha value is -3.65. The summed E-state index contributed by atoms with van der Waals surface area (Å²) in [7, 11) is -4.05. The molecule has 0 aliphatic rings. The Bertz CT molecular complexity index is 1330. The van der Waals surface area contributed by atoms with Gasteiger partial charge in [0.2, 0.25) is 11.8 Å². The molecule has 0 saturated heterocycles. The molecule has 8 heteroatoms. The highest BCUT2D eigenvalue weighted by Gasteiger charge is 2.32. The van der Waals surface area contributed by atoms with E-state index in [0.717, 1.165) is 33.8 Å². The second-order valence-corrected chi connectivity index (χ2v) is 11.3. The van der Waals surface area contributed by atoms with Gasteiger partial charge in [-0.3, -0.25) is 13.9 Å². The van der Waals surface area contributed by atoms with Crippen LogP contribution in [0.4, 0.5) is 5.69 Å². The van der Waals surface area contributed by atoms with Crippen LogP contribution in [0.5, 0.6) is 0 Å². The van der Waals surface area contributed by atoms with Gasteiger partial charge >= 0.3 is 0 Å². The first-order valence-corrected chi connectivity index (χ1v) is 14.3. The lowest BCUT2D eigenvalue weighted by molar-refractivity contribution is -0.139. The maximum atomic E-state index is 13.9. The van der Waals surface area contributed by atoms with Crippen LogP contribution in [0.25, 0.3) is 0 Å². The Morgan fingerprint density at radius 2 is 1.53 bits per heavy atom. The Morgan fingerprint density at radius 1 is 0.895 bits per heavy atom. The molecule has 0 aliphatic carbocycles. The van der Waals surface area contributed by atoms with E-state index in [0.29, 0.717) is 12.2 Å². The highest BCUT2D eigenvalue weighted by molar-refractivity contribution is 7.92. The van der Waals surface area contributed by atoms with Gasteiger partial charge in [0.1, 0.15) is 12.6 Å². The number of rotatable bonds is 12. The van der Waals surface area contributed by atoms with Crippen LogP contribution in [0.2, 0.25) is 0 Å². The zero-order valence-electron chi connectivity index (χ0n) is 22.6. The highest BCUT2D eigenvalue weighted by atomic mass is 32.2. The van der Waals surface area contributed by atoms with Crippen molar-refractivity contribution in [2.24, 2.45) is 0 Å². The molecule has 0 fully saturated rings. The van der Waals surface area contributed by atoms with Crippen molar-refractivity contribution in [3.05, 3.63) is 95.6 Å². The summed E-state index contributed by atoms with van der Waals surface area (Å²) < 4.78 is 28.6. The molecule has 0 spiro atoms. The van der Waals surface area contributed by atoms with Gasteiger partial charge in [0.05, 0.1) is 10.6 Å². The second-order valence-electron chi connectivity index (χ2n) is 9.43. The predicted octanol–water partition coefficient (Wildman–Crippen LogP) is 4.83. The zero-order chi connectivity index (χ0) is 27.7. The van der Waals surface area contributed by atoms with Crippen LogP contribution in [0, 0.1) is 13.8 Å². The van der Waals surface area contributed by atoms with Crippen molar-refractivity contribution in [2.45, 2.75) is 58.0 Å². The van der Waals surface area contributed by atoms with Crippen molar-refractivity contribution in [2.75, 3.05) is 17.4 Å². The average Bonchev–Trinajstić information content (AvgIpc) is 2.92. The molecule has 1 atom stereocenters. The lowest BCUT2D eigenvalue weighted by atomic mass is 10.1. The molecule has 0 aromatic heterocycles. The fourth-order valence-electron chi connectivity index (χ4n) is 4.05. The minimum absolute atomic E-state index is 0.0872. The summed E-state index contributed by atoms with van der Waals surface area (Å²) in [4.78, 5) is 28.5. The van der Waals surface area contributed by atoms with E-state index < -0.39 is 28.5 Å². The molecule has 0 bridgehead atoms. The van der Waals surface area contributed by atoms with E-state index in [4.69, 9.17) is 0 Å². The van der Waals surface area contributed by atoms with Gasteiger partial charge in [-0.15, -0.1) is 0 Å². The van der Waals surface area contributed by atoms with Gasteiger partial charge in [-0.2, -0.15) is 0 Å². The Labute approximate surface area is 226 Å². The first kappa shape index (κ1) is 28.9. The van der Waals surface area contributed by atoms with E-state index in [1.807, 2.05) is 57.2 Å². The summed E-state index contributed by atoms with van der Waals surface area (Å²) in [6.45, 7) is 7.83. The third-order valence-corrected chi connectivity index (χ3v) is 8.32. The number of hydrogen-bond acceptors (Lipinski definition) is 4. The summed E-state index contributed by atoms with van der Waals surface area (Å²) >= 11 is 0. The quantitative estimate of drug-likeness (QED) is 0.337. The Kier molecular flexibility index (Phi) is 10.1. The number of carbonyl (C=O) groups excluding carboxylic acids is 2. The number of nitrogens with one attached hydrogen (secondary N) is 1. The number of benzene rings is 3. The van der Waals surface area contributed by atoms with Gasteiger partial charge in [0.25, 0.3) is 10.0 Å². The van der Waals surface area contributed by atoms with E-state index in [2.05, 4.69) is 5.32 Å². The van der Waals surface area contributed by atoms with Gasteiger partial charge in [-0.05, 0) is 62.6 Å². The molecule has 0 saturated carbocycles. The van der Waals surface area contributed by atoms with Crippen LogP contribution in [0.3, 0.4) is 0 Å². The topological polar surface area (TPSA) is 86.8 Å². The molecular formula is C30H37N3O4S. The van der Waals surface area contributed by atoms with Crippen LogP contribution in [-0.2, 0) is 26.2 Å². The van der Waals surface area contributed by atoms with E-state index in [9.17, 15) is 18.0 Å². The number of unbranched alkanes of at least 4 members (excludes halogenated alkanes) is 1. The molecule has 202 valence electrons. The van der Waals surface area contributed by atoms with E-state index in [1.165, 1.54) is 17.0 Å². The molecule has 0 heterocycles. The van der Waals surface area contributed by atoms with Gasteiger partial charge in [0.15, 0.2) is 0 Å². The zero-order valence-corrected chi connectivity index (χ0v) is 23.4. The van der Waals surface area contributed by atoms with Crippen molar-refractivity contribution in [1.29, 1.82) is 0 Å². The van der Waals surface area contributed by atoms with Gasteiger partial charge in [0, 0.05) is 13.1 Å². The third-order valence-electron chi connectivity index (χ3n) is 6.53. The summed E-state index contributed by atoms with van der Waals surface area (Å²) in [6.07, 6.45) is 1.77. The average molecular weight is 536 g/mol. The maximum absolute atomic E-state index is 13.9. The molecule has 7 nitrogen and oxygen atoms in total. The number of carbonyl (C=O) groups is 2. The molecule has 0 aliphatic heterocycles. The van der Waals surface area contributed by atoms with Crippen LogP contribution in [-0.4, -0.2) is 44.3 Å². The Morgan fingerprint density at radius 3 is 2.16 bits per heavy atom. The molecule has 1 N–H and O–H groups in total. The lowest BCUT2D eigenvalue weighted by Gasteiger charge is -2.32. The molecule has 3 aromatic carbocycles. The molecule has 3 aromatic rings. The summed E-state index contributed by atoms with van der Waals surface area (Å²) in [5.74, 6) is -0.736. The van der Waals surface area contributed by atoms with E-state index >= 15 is 0 Å². The smallest absolute Gasteiger partial charge is 0.264 e. The fraction of sp³-hybridized carbons (Fsp3) is 0.333. The van der Waals surface area contributed by atoms with Gasteiger partial charge in [-0.25, -0.2) is 8.42 Å². The van der Waals surface area contributed by atoms with Crippen molar-refractivity contribution in [1.82, 2.24) is 10.2 Å². The van der Waals surface area contributed by atoms with Crippen molar-refractivity contribution in [3.63, 3.8) is 0 Å². The molecule has 0 radical (unpaired) electrons. The lowest BCUT2D eigenvalue weighted by Crippen LogP contribution is -2.51. The number of anilines is 1. The summed E-state index contributed by atoms with van der Waals surface area (Å²) in [5.41, 5.74) is 3.22. The third kappa shape index (κ3) is 7.22. The SMILES string of the molecule is CCCCNC(=O)[C@@H](C)N(Cc1ccccc1C)C(=O)CN(c1ccc(C)cc1)S(=O)(=O)c1ccccc1. The van der Waals surface area contributed by atoms with Crippen molar-refractivity contribution >= 4 is 27.5 Å². The standard InChI is InChI=1S/C30H37N3O4S/c1-5-6-20-31-30(35)25(4)32(21-26-13-11-10-12-24(26)3)29(34)22-33(27-18-16-23(2)17-19-27)38(36,37)28-14-8-7-9-15-28/h7-19,25H,5-6,20-22H2,1-4H3,(H,31,35)/t25-/m1/s1. The van der Waals surface area contributed by atoms with Crippen LogP contribution >= 0.6 is 0 Å². The number of hydrogen-bond donors (Lipinski definition) is 1. The van der Waals surface area contributed by atoms with Crippen LogP contribution < -0.4 is 9.62 Å². The van der Waals surface area contributed by atoms with Crippen molar-refractivity contribution < 1.29 is 18.0 Å². The molecule has 0 unspecified atom stereocenters. The Balaban J connectivity index is 1.99. The maximum Gasteiger partial charge on any atom is 0.264 e. The number of aryl methyl sites for hydroxylation is 2. The number of amides is 2. The predicted molar refractivity (Wildman–Crippen MR) is 151 cm³/mol. The van der Waals surface area contributed by atoms with E-state index in [1.54, 1.807) is 37.3 Å². The van der Waals surface area contributed by atoms with Crippen LogP contribution in [0.15, 0.2) is 83.8 Å². The first-order valence-electron chi connectivity index (χ1n) is 12.9. The first-order chi connectivity index (χ1) is 18.1.